The lowest BCUT2D eigenvalue weighted by Gasteiger charge is -2.20. The van der Waals surface area contributed by atoms with Gasteiger partial charge in [-0.1, -0.05) is 24.0 Å². The zero-order valence-corrected chi connectivity index (χ0v) is 13.9. The Bertz CT molecular complexity index is 945. The number of phenols is 1. The monoisotopic (exact) mass is 332 g/mol. The fraction of sp³-hybridized carbons (Fsp3) is 0.300. The van der Waals surface area contributed by atoms with E-state index in [9.17, 15) is 5.11 Å². The van der Waals surface area contributed by atoms with Crippen molar-refractivity contribution in [2.45, 2.75) is 19.3 Å². The summed E-state index contributed by atoms with van der Waals surface area (Å²) >= 11 is 0. The molecule has 0 spiro atoms. The Morgan fingerprint density at radius 2 is 2.04 bits per heavy atom. The van der Waals surface area contributed by atoms with Crippen molar-refractivity contribution in [3.05, 3.63) is 48.4 Å². The molecule has 0 saturated carbocycles. The Morgan fingerprint density at radius 3 is 2.88 bits per heavy atom. The number of aromatic nitrogens is 3. The number of imidazole rings is 1. The van der Waals surface area contributed by atoms with E-state index in [-0.39, 0.29) is 5.75 Å². The van der Waals surface area contributed by atoms with Crippen molar-refractivity contribution in [3.63, 3.8) is 0 Å². The van der Waals surface area contributed by atoms with Crippen LogP contribution in [0.25, 0.3) is 17.0 Å². The summed E-state index contributed by atoms with van der Waals surface area (Å²) in [6.45, 7) is 2.20. The van der Waals surface area contributed by atoms with Gasteiger partial charge in [-0.3, -0.25) is 4.40 Å². The van der Waals surface area contributed by atoms with E-state index in [1.165, 1.54) is 12.8 Å². The summed E-state index contributed by atoms with van der Waals surface area (Å²) in [6, 6.07) is 7.18. The number of fused-ring (bicyclic) bond motifs is 1. The highest BCUT2D eigenvalue weighted by Crippen LogP contribution is 2.27. The highest BCUT2D eigenvalue weighted by atomic mass is 16.3. The van der Waals surface area contributed by atoms with E-state index in [1.54, 1.807) is 18.3 Å². The predicted molar refractivity (Wildman–Crippen MR) is 97.2 cm³/mol. The molecule has 1 fully saturated rings. The molecule has 25 heavy (non-hydrogen) atoms. The minimum atomic E-state index is 0.216. The Labute approximate surface area is 146 Å². The number of rotatable bonds is 2. The molecule has 4 rings (SSSR count). The lowest BCUT2D eigenvalue weighted by molar-refractivity contribution is 0.381. The highest BCUT2D eigenvalue weighted by Gasteiger charge is 2.11. The molecule has 126 valence electrons. The topological polar surface area (TPSA) is 62.5 Å². The third-order valence-electron chi connectivity index (χ3n) is 4.57. The fourth-order valence-corrected chi connectivity index (χ4v) is 3.15. The zero-order chi connectivity index (χ0) is 17.1. The largest absolute Gasteiger partial charge is 0.507 e. The van der Waals surface area contributed by atoms with Crippen molar-refractivity contribution in [1.29, 1.82) is 0 Å². The van der Waals surface area contributed by atoms with Gasteiger partial charge in [0, 0.05) is 30.6 Å². The summed E-state index contributed by atoms with van der Waals surface area (Å²) < 4.78 is 1.86. The highest BCUT2D eigenvalue weighted by molar-refractivity contribution is 5.68. The quantitative estimate of drug-likeness (QED) is 0.709. The van der Waals surface area contributed by atoms with Gasteiger partial charge in [-0.2, -0.15) is 0 Å². The molecule has 1 saturated heterocycles. The van der Waals surface area contributed by atoms with Crippen molar-refractivity contribution < 1.29 is 5.11 Å². The molecular formula is C20H20N4O. The molecule has 0 aliphatic carbocycles. The number of aromatic hydroxyl groups is 1. The van der Waals surface area contributed by atoms with Crippen LogP contribution in [0.2, 0.25) is 0 Å². The van der Waals surface area contributed by atoms with Crippen LogP contribution < -0.4 is 5.32 Å². The van der Waals surface area contributed by atoms with Gasteiger partial charge in [-0.25, -0.2) is 9.97 Å². The van der Waals surface area contributed by atoms with Gasteiger partial charge in [0.05, 0.1) is 11.3 Å². The number of piperidine rings is 1. The molecular weight excluding hydrogens is 312 g/mol. The van der Waals surface area contributed by atoms with E-state index in [1.807, 2.05) is 28.9 Å². The summed E-state index contributed by atoms with van der Waals surface area (Å²) in [4.78, 5) is 8.86. The van der Waals surface area contributed by atoms with Crippen molar-refractivity contribution in [2.24, 2.45) is 5.92 Å². The van der Waals surface area contributed by atoms with Gasteiger partial charge in [-0.05, 0) is 44.0 Å². The third-order valence-corrected chi connectivity index (χ3v) is 4.57. The van der Waals surface area contributed by atoms with Crippen molar-refractivity contribution >= 4 is 5.78 Å². The van der Waals surface area contributed by atoms with Gasteiger partial charge < -0.3 is 10.4 Å². The minimum absolute atomic E-state index is 0.216. The number of benzene rings is 1. The number of phenolic OH excluding ortho intramolecular Hbond substituents is 1. The second-order valence-electron chi connectivity index (χ2n) is 6.39. The molecule has 0 radical (unpaired) electrons. The fourth-order valence-electron chi connectivity index (χ4n) is 3.15. The van der Waals surface area contributed by atoms with Crippen LogP contribution in [0, 0.1) is 17.8 Å². The summed E-state index contributed by atoms with van der Waals surface area (Å²) in [5.74, 6) is 8.02. The molecule has 0 amide bonds. The van der Waals surface area contributed by atoms with Crippen LogP contribution in [-0.2, 0) is 0 Å². The molecule has 5 nitrogen and oxygen atoms in total. The van der Waals surface area contributed by atoms with E-state index >= 15 is 0 Å². The maximum absolute atomic E-state index is 9.99. The number of nitrogens with one attached hydrogen (secondary N) is 1. The van der Waals surface area contributed by atoms with Crippen LogP contribution in [0.3, 0.4) is 0 Å². The first-order valence-corrected chi connectivity index (χ1v) is 8.62. The number of para-hydroxylation sites is 1. The summed E-state index contributed by atoms with van der Waals surface area (Å²) in [5.41, 5.74) is 2.28. The lowest BCUT2D eigenvalue weighted by Crippen LogP contribution is -2.27. The molecule has 0 unspecified atom stereocenters. The Morgan fingerprint density at radius 1 is 1.20 bits per heavy atom. The van der Waals surface area contributed by atoms with Crippen LogP contribution >= 0.6 is 0 Å². The first-order valence-electron chi connectivity index (χ1n) is 8.62. The van der Waals surface area contributed by atoms with E-state index in [4.69, 9.17) is 0 Å². The van der Waals surface area contributed by atoms with E-state index in [0.717, 1.165) is 25.1 Å². The Kier molecular flexibility index (Phi) is 4.36. The first-order chi connectivity index (χ1) is 12.3. The van der Waals surface area contributed by atoms with Crippen molar-refractivity contribution in [2.75, 3.05) is 13.1 Å². The minimum Gasteiger partial charge on any atom is -0.507 e. The van der Waals surface area contributed by atoms with Crippen LogP contribution in [0.1, 0.15) is 24.8 Å². The van der Waals surface area contributed by atoms with Crippen molar-refractivity contribution in [3.8, 4) is 28.8 Å². The van der Waals surface area contributed by atoms with Crippen molar-refractivity contribution in [1.82, 2.24) is 19.7 Å². The standard InChI is InChI=1S/C20H20N4O/c25-19-7-2-1-6-17(19)18-14-24-13-16(12-22-20(24)23-18)5-3-4-15-8-10-21-11-9-15/h1-2,6-7,12-15,21,25H,4,8-11H2. The average molecular weight is 332 g/mol. The summed E-state index contributed by atoms with van der Waals surface area (Å²) in [7, 11) is 0. The van der Waals surface area contributed by atoms with Gasteiger partial charge in [0.1, 0.15) is 5.75 Å². The molecule has 1 aliphatic rings. The van der Waals surface area contributed by atoms with E-state index < -0.39 is 0 Å². The SMILES string of the molecule is Oc1ccccc1-c1cn2cc(C#CCC3CCNCC3)cnc2n1. The molecule has 1 aliphatic heterocycles. The Balaban J connectivity index is 1.55. The molecule has 0 bridgehead atoms. The van der Waals surface area contributed by atoms with Gasteiger partial charge in [0.25, 0.3) is 0 Å². The number of hydrogen-bond acceptors (Lipinski definition) is 4. The molecule has 2 N–H and O–H groups in total. The molecule has 5 heteroatoms. The van der Waals surface area contributed by atoms with Gasteiger partial charge in [0.15, 0.2) is 0 Å². The summed E-state index contributed by atoms with van der Waals surface area (Å²) in [5, 5.41) is 13.4. The van der Waals surface area contributed by atoms with Crippen LogP contribution in [0.4, 0.5) is 0 Å². The van der Waals surface area contributed by atoms with Crippen LogP contribution in [-0.4, -0.2) is 32.6 Å². The zero-order valence-electron chi connectivity index (χ0n) is 13.9. The number of hydrogen-bond donors (Lipinski definition) is 2. The van der Waals surface area contributed by atoms with Gasteiger partial charge in [-0.15, -0.1) is 0 Å². The second-order valence-corrected chi connectivity index (χ2v) is 6.39. The molecule has 3 aromatic rings. The Hall–Kier alpha value is -2.84. The first kappa shape index (κ1) is 15.7. The molecule has 1 aromatic carbocycles. The van der Waals surface area contributed by atoms with Gasteiger partial charge >= 0.3 is 0 Å². The lowest BCUT2D eigenvalue weighted by atomic mass is 9.95. The van der Waals surface area contributed by atoms with Crippen LogP contribution in [0.5, 0.6) is 5.75 Å². The average Bonchev–Trinajstić information content (AvgIpc) is 3.06. The van der Waals surface area contributed by atoms with Crippen LogP contribution in [0.15, 0.2) is 42.9 Å². The number of nitrogens with zero attached hydrogens (tertiary/aromatic N) is 3. The normalized spacial score (nSPS) is 15.0. The smallest absolute Gasteiger partial charge is 0.234 e. The van der Waals surface area contributed by atoms with E-state index in [2.05, 4.69) is 27.1 Å². The maximum atomic E-state index is 9.99. The molecule has 2 aromatic heterocycles. The predicted octanol–water partition coefficient (Wildman–Crippen LogP) is 2.84. The molecule has 3 heterocycles. The third kappa shape index (κ3) is 3.49. The van der Waals surface area contributed by atoms with E-state index in [0.29, 0.717) is 23.0 Å². The summed E-state index contributed by atoms with van der Waals surface area (Å²) in [6.07, 6.45) is 8.91. The maximum Gasteiger partial charge on any atom is 0.234 e. The second kappa shape index (κ2) is 6.96. The molecule has 0 atom stereocenters. The van der Waals surface area contributed by atoms with Gasteiger partial charge in [0.2, 0.25) is 5.78 Å².